The number of anilines is 2. The van der Waals surface area contributed by atoms with E-state index < -0.39 is 23.0 Å². The number of aromatic nitrogens is 3. The molecule has 0 saturated carbocycles. The van der Waals surface area contributed by atoms with E-state index in [2.05, 4.69) is 23.7 Å². The molecule has 0 saturated heterocycles. The fourth-order valence-corrected chi connectivity index (χ4v) is 5.92. The van der Waals surface area contributed by atoms with Gasteiger partial charge in [0.1, 0.15) is 18.0 Å². The Kier molecular flexibility index (Phi) is 8.38. The number of hydrogen-bond acceptors (Lipinski definition) is 8. The lowest BCUT2D eigenvalue weighted by molar-refractivity contribution is 0.0540. The summed E-state index contributed by atoms with van der Waals surface area (Å²) in [7, 11) is 0. The quantitative estimate of drug-likeness (QED) is 0.232. The zero-order valence-corrected chi connectivity index (χ0v) is 24.6. The van der Waals surface area contributed by atoms with Gasteiger partial charge < -0.3 is 18.9 Å². The molecule has 0 bridgehead atoms. The number of carbonyl (C=O) groups excluding carboxylic acids is 1. The van der Waals surface area contributed by atoms with Crippen LogP contribution >= 0.6 is 22.9 Å². The molecule has 10 nitrogen and oxygen atoms in total. The number of carbonyl (C=O) groups is 1. The molecule has 1 unspecified atom stereocenters. The van der Waals surface area contributed by atoms with Gasteiger partial charge in [0.25, 0.3) is 0 Å². The molecule has 13 heteroatoms. The van der Waals surface area contributed by atoms with Crippen LogP contribution in [0.4, 0.5) is 16.3 Å². The zero-order valence-electron chi connectivity index (χ0n) is 22.2. The minimum absolute atomic E-state index is 0.0550. The molecule has 0 amide bonds. The van der Waals surface area contributed by atoms with Gasteiger partial charge >= 0.3 is 6.09 Å². The van der Waals surface area contributed by atoms with Gasteiger partial charge in [-0.25, -0.2) is 14.3 Å². The van der Waals surface area contributed by atoms with Gasteiger partial charge in [0.2, 0.25) is 0 Å². The summed E-state index contributed by atoms with van der Waals surface area (Å²) in [6.07, 6.45) is 1.16. The highest BCUT2D eigenvalue weighted by molar-refractivity contribution is 7.81. The Bertz CT molecular complexity index is 1480. The molecule has 0 aliphatic rings. The molecular formula is C25H31ClN5O5S2-. The van der Waals surface area contributed by atoms with Crippen LogP contribution in [0.25, 0.3) is 15.9 Å². The van der Waals surface area contributed by atoms with E-state index in [9.17, 15) is 13.6 Å². The molecule has 38 heavy (non-hydrogen) atoms. The minimum atomic E-state index is -2.72. The van der Waals surface area contributed by atoms with Crippen LogP contribution in [0.3, 0.4) is 0 Å². The predicted molar refractivity (Wildman–Crippen MR) is 151 cm³/mol. The SMILES string of the molecule is CCN(CC)CCOc1c(C)n(C(=O)OC(C)(C)C)c2ccc(N(c3c(Cl)nc4sccn34)S(=O)[O-])cc12. The smallest absolute Gasteiger partial charge is 0.419 e. The Morgan fingerprint density at radius 1 is 1.26 bits per heavy atom. The lowest BCUT2D eigenvalue weighted by Gasteiger charge is -2.26. The molecule has 0 radical (unpaired) electrons. The molecule has 1 aromatic carbocycles. The van der Waals surface area contributed by atoms with Crippen LogP contribution in [0.15, 0.2) is 29.8 Å². The standard InChI is InChI=1S/C25H32ClN5O5S2/c1-7-28(8-2)11-13-35-20-16(3)30(24(32)36-25(4,5)6)19-10-9-17(15-18(19)20)31(38(33)34)22-21(26)27-23-29(22)12-14-37-23/h9-10,12,14-15H,7-8,11,13H2,1-6H3,(H,33,34)/p-1. The van der Waals surface area contributed by atoms with Crippen molar-refractivity contribution >= 4 is 67.7 Å². The maximum atomic E-state index is 13.2. The maximum Gasteiger partial charge on any atom is 0.419 e. The van der Waals surface area contributed by atoms with Crippen molar-refractivity contribution in [1.82, 2.24) is 18.9 Å². The van der Waals surface area contributed by atoms with Gasteiger partial charge in [-0.05, 0) is 59.0 Å². The molecule has 0 aliphatic heterocycles. The van der Waals surface area contributed by atoms with Crippen LogP contribution in [0.1, 0.15) is 40.3 Å². The van der Waals surface area contributed by atoms with Gasteiger partial charge in [-0.2, -0.15) is 0 Å². The average Bonchev–Trinajstić information content (AvgIpc) is 3.48. The predicted octanol–water partition coefficient (Wildman–Crippen LogP) is 5.75. The van der Waals surface area contributed by atoms with Gasteiger partial charge in [0.15, 0.2) is 15.9 Å². The first-order chi connectivity index (χ1) is 18.0. The van der Waals surface area contributed by atoms with Crippen LogP contribution in [-0.2, 0) is 16.0 Å². The molecule has 0 aliphatic carbocycles. The lowest BCUT2D eigenvalue weighted by atomic mass is 10.2. The summed E-state index contributed by atoms with van der Waals surface area (Å²) in [4.78, 5) is 20.3. The molecule has 4 rings (SSSR count). The number of likely N-dealkylation sites (N-methyl/N-ethyl adjacent to an activating group) is 1. The maximum absolute atomic E-state index is 13.2. The molecule has 3 heterocycles. The topological polar surface area (TPSA) is 104 Å². The van der Waals surface area contributed by atoms with Crippen LogP contribution in [0.5, 0.6) is 5.75 Å². The number of hydrogen-bond donors (Lipinski definition) is 0. The van der Waals surface area contributed by atoms with Crippen molar-refractivity contribution in [1.29, 1.82) is 0 Å². The third-order valence-corrected chi connectivity index (χ3v) is 7.72. The molecule has 0 spiro atoms. The van der Waals surface area contributed by atoms with Crippen molar-refractivity contribution in [3.05, 3.63) is 40.6 Å². The van der Waals surface area contributed by atoms with E-state index >= 15 is 0 Å². The number of thiazole rings is 1. The van der Waals surface area contributed by atoms with E-state index in [0.29, 0.717) is 46.1 Å². The van der Waals surface area contributed by atoms with Crippen molar-refractivity contribution < 1.29 is 23.0 Å². The second-order valence-electron chi connectivity index (χ2n) is 9.60. The van der Waals surface area contributed by atoms with Gasteiger partial charge in [-0.15, -0.1) is 11.3 Å². The summed E-state index contributed by atoms with van der Waals surface area (Å²) in [6.45, 7) is 14.2. The van der Waals surface area contributed by atoms with Gasteiger partial charge in [-0.3, -0.25) is 12.9 Å². The Hall–Kier alpha value is -2.64. The van der Waals surface area contributed by atoms with Crippen molar-refractivity contribution in [2.45, 2.75) is 47.1 Å². The highest BCUT2D eigenvalue weighted by Crippen LogP contribution is 2.40. The molecule has 206 valence electrons. The van der Waals surface area contributed by atoms with E-state index in [0.717, 1.165) is 17.4 Å². The molecule has 0 N–H and O–H groups in total. The van der Waals surface area contributed by atoms with E-state index in [1.165, 1.54) is 15.9 Å². The third kappa shape index (κ3) is 5.55. The number of rotatable bonds is 9. The first-order valence-corrected chi connectivity index (χ1v) is 14.5. The van der Waals surface area contributed by atoms with Gasteiger partial charge in [-0.1, -0.05) is 25.4 Å². The number of halogens is 1. The second kappa shape index (κ2) is 11.2. The molecule has 1 atom stereocenters. The molecular weight excluding hydrogens is 550 g/mol. The van der Waals surface area contributed by atoms with Gasteiger partial charge in [0.05, 0.1) is 28.2 Å². The van der Waals surface area contributed by atoms with Crippen molar-refractivity contribution in [2.24, 2.45) is 0 Å². The highest BCUT2D eigenvalue weighted by Gasteiger charge is 2.27. The number of benzene rings is 1. The Morgan fingerprint density at radius 2 is 1.97 bits per heavy atom. The average molecular weight is 581 g/mol. The van der Waals surface area contributed by atoms with Crippen LogP contribution in [-0.4, -0.2) is 65.5 Å². The Morgan fingerprint density at radius 3 is 2.61 bits per heavy atom. The summed E-state index contributed by atoms with van der Waals surface area (Å²) in [6, 6.07) is 4.96. The minimum Gasteiger partial charge on any atom is -0.755 e. The largest absolute Gasteiger partial charge is 0.755 e. The fraction of sp³-hybridized carbons (Fsp3) is 0.440. The monoisotopic (exact) mass is 580 g/mol. The molecule has 3 aromatic heterocycles. The van der Waals surface area contributed by atoms with Crippen molar-refractivity contribution in [3.8, 4) is 5.75 Å². The number of ether oxygens (including phenoxy) is 2. The normalized spacial score (nSPS) is 13.0. The fourth-order valence-electron chi connectivity index (χ4n) is 4.25. The first-order valence-electron chi connectivity index (χ1n) is 12.2. The van der Waals surface area contributed by atoms with Crippen molar-refractivity contribution in [3.63, 3.8) is 0 Å². The molecule has 0 fully saturated rings. The van der Waals surface area contributed by atoms with E-state index in [4.69, 9.17) is 21.1 Å². The highest BCUT2D eigenvalue weighted by atomic mass is 35.5. The summed E-state index contributed by atoms with van der Waals surface area (Å²) >= 11 is 4.99. The summed E-state index contributed by atoms with van der Waals surface area (Å²) in [5.41, 5.74) is 0.708. The van der Waals surface area contributed by atoms with Crippen molar-refractivity contribution in [2.75, 3.05) is 30.5 Å². The number of nitrogens with zero attached hydrogens (tertiary/aromatic N) is 5. The Labute approximate surface area is 233 Å². The summed E-state index contributed by atoms with van der Waals surface area (Å²) in [5.74, 6) is 0.680. The van der Waals surface area contributed by atoms with Gasteiger partial charge in [0, 0.05) is 23.5 Å². The summed E-state index contributed by atoms with van der Waals surface area (Å²) in [5, 5.41) is 2.42. The van der Waals surface area contributed by atoms with Crippen LogP contribution < -0.4 is 9.04 Å². The number of fused-ring (bicyclic) bond motifs is 2. The first kappa shape index (κ1) is 28.4. The van der Waals surface area contributed by atoms with Crippen LogP contribution in [0, 0.1) is 6.92 Å². The van der Waals surface area contributed by atoms with E-state index in [1.54, 1.807) is 61.9 Å². The third-order valence-electron chi connectivity index (χ3n) is 6.03. The Balaban J connectivity index is 1.85. The van der Waals surface area contributed by atoms with E-state index in [1.807, 2.05) is 0 Å². The van der Waals surface area contributed by atoms with Crippen LogP contribution in [0.2, 0.25) is 5.15 Å². The second-order valence-corrected chi connectivity index (χ2v) is 11.6. The zero-order chi connectivity index (χ0) is 27.8. The summed E-state index contributed by atoms with van der Waals surface area (Å²) < 4.78 is 41.0. The lowest BCUT2D eigenvalue weighted by Crippen LogP contribution is -2.28. The van der Waals surface area contributed by atoms with E-state index in [-0.39, 0.29) is 11.0 Å². The molecule has 4 aromatic rings. The number of imidazole rings is 1.